The third-order valence-corrected chi connectivity index (χ3v) is 5.56. The van der Waals surface area contributed by atoms with Crippen LogP contribution >= 0.6 is 35.4 Å². The van der Waals surface area contributed by atoms with E-state index in [1.54, 1.807) is 36.0 Å². The SMILES string of the molecule is CCOc1ccc(-n2nc3ccc(NC(=S)NC(=O)C(C)Oc4ccc(Cl)cc4Cl)cc3n2)cc1. The van der Waals surface area contributed by atoms with Gasteiger partial charge >= 0.3 is 0 Å². The second-order valence-electron chi connectivity index (χ2n) is 7.40. The third kappa shape index (κ3) is 6.19. The summed E-state index contributed by atoms with van der Waals surface area (Å²) in [6, 6.07) is 17.7. The number of carbonyl (C=O) groups is 1. The number of halogens is 2. The Morgan fingerprint density at radius 1 is 1.06 bits per heavy atom. The van der Waals surface area contributed by atoms with E-state index in [0.717, 1.165) is 11.4 Å². The summed E-state index contributed by atoms with van der Waals surface area (Å²) >= 11 is 17.3. The first-order valence-electron chi connectivity index (χ1n) is 10.7. The van der Waals surface area contributed by atoms with Crippen LogP contribution < -0.4 is 20.1 Å². The fourth-order valence-electron chi connectivity index (χ4n) is 3.14. The normalized spacial score (nSPS) is 11.7. The van der Waals surface area contributed by atoms with Crippen molar-refractivity contribution in [3.05, 3.63) is 70.7 Å². The molecule has 35 heavy (non-hydrogen) atoms. The molecular formula is C24H21Cl2N5O3S. The minimum Gasteiger partial charge on any atom is -0.494 e. The lowest BCUT2D eigenvalue weighted by atomic mass is 10.3. The van der Waals surface area contributed by atoms with Crippen molar-refractivity contribution in [2.45, 2.75) is 20.0 Å². The van der Waals surface area contributed by atoms with E-state index in [0.29, 0.717) is 39.1 Å². The molecule has 180 valence electrons. The van der Waals surface area contributed by atoms with Crippen LogP contribution in [0, 0.1) is 0 Å². The number of amides is 1. The number of hydrogen-bond donors (Lipinski definition) is 2. The molecule has 11 heteroatoms. The molecule has 2 N–H and O–H groups in total. The maximum atomic E-state index is 12.5. The zero-order valence-corrected chi connectivity index (χ0v) is 21.1. The second kappa shape index (κ2) is 10.9. The van der Waals surface area contributed by atoms with E-state index in [4.69, 9.17) is 44.9 Å². The number of nitrogens with zero attached hydrogens (tertiary/aromatic N) is 3. The third-order valence-electron chi connectivity index (χ3n) is 4.82. The fourth-order valence-corrected chi connectivity index (χ4v) is 3.81. The Balaban J connectivity index is 1.38. The number of hydrogen-bond acceptors (Lipinski definition) is 6. The van der Waals surface area contributed by atoms with Crippen molar-refractivity contribution in [3.63, 3.8) is 0 Å². The van der Waals surface area contributed by atoms with Gasteiger partial charge in [0.1, 0.15) is 22.5 Å². The maximum Gasteiger partial charge on any atom is 0.266 e. The molecule has 8 nitrogen and oxygen atoms in total. The predicted molar refractivity (Wildman–Crippen MR) is 141 cm³/mol. The molecule has 0 aliphatic rings. The topological polar surface area (TPSA) is 90.3 Å². The minimum absolute atomic E-state index is 0.117. The zero-order valence-electron chi connectivity index (χ0n) is 18.8. The average molecular weight is 530 g/mol. The molecule has 1 amide bonds. The maximum absolute atomic E-state index is 12.5. The molecule has 0 saturated heterocycles. The molecule has 1 unspecified atom stereocenters. The minimum atomic E-state index is -0.843. The first-order valence-corrected chi connectivity index (χ1v) is 11.8. The lowest BCUT2D eigenvalue weighted by molar-refractivity contribution is -0.125. The van der Waals surface area contributed by atoms with Crippen molar-refractivity contribution in [2.75, 3.05) is 11.9 Å². The van der Waals surface area contributed by atoms with Gasteiger partial charge in [-0.3, -0.25) is 10.1 Å². The van der Waals surface area contributed by atoms with Gasteiger partial charge in [0, 0.05) is 10.7 Å². The van der Waals surface area contributed by atoms with Gasteiger partial charge in [0.15, 0.2) is 11.2 Å². The van der Waals surface area contributed by atoms with Gasteiger partial charge in [-0.25, -0.2) is 0 Å². The smallest absolute Gasteiger partial charge is 0.266 e. The van der Waals surface area contributed by atoms with E-state index in [-0.39, 0.29) is 5.11 Å². The Hall–Kier alpha value is -3.40. The molecular weight excluding hydrogens is 509 g/mol. The van der Waals surface area contributed by atoms with Gasteiger partial charge in [-0.05, 0) is 86.7 Å². The van der Waals surface area contributed by atoms with E-state index in [1.165, 1.54) is 6.07 Å². The standard InChI is InChI=1S/C24H21Cl2N5O3S/c1-3-33-18-8-6-17(7-9-18)31-29-20-10-5-16(13-21(20)30-31)27-24(35)28-23(32)14(2)34-22-11-4-15(25)12-19(22)26/h4-14H,3H2,1-2H3,(H2,27,28,32,35). The molecule has 0 spiro atoms. The van der Waals surface area contributed by atoms with Crippen molar-refractivity contribution in [1.29, 1.82) is 0 Å². The van der Waals surface area contributed by atoms with Gasteiger partial charge in [-0.15, -0.1) is 10.2 Å². The summed E-state index contributed by atoms with van der Waals surface area (Å²) in [5.41, 5.74) is 2.82. The summed E-state index contributed by atoms with van der Waals surface area (Å²) in [7, 11) is 0. The number of ether oxygens (including phenoxy) is 2. The fraction of sp³-hybridized carbons (Fsp3) is 0.167. The molecule has 0 radical (unpaired) electrons. The van der Waals surface area contributed by atoms with Gasteiger partial charge < -0.3 is 14.8 Å². The first-order chi connectivity index (χ1) is 16.8. The van der Waals surface area contributed by atoms with Crippen LogP contribution in [0.3, 0.4) is 0 Å². The molecule has 0 saturated carbocycles. The highest BCUT2D eigenvalue weighted by molar-refractivity contribution is 7.80. The molecule has 0 aliphatic heterocycles. The number of carbonyl (C=O) groups excluding carboxylic acids is 1. The Kier molecular flexibility index (Phi) is 7.70. The summed E-state index contributed by atoms with van der Waals surface area (Å²) in [5, 5.41) is 15.5. The number of nitrogens with one attached hydrogen (secondary N) is 2. The van der Waals surface area contributed by atoms with E-state index >= 15 is 0 Å². The van der Waals surface area contributed by atoms with Gasteiger partial charge in [0.25, 0.3) is 5.91 Å². The highest BCUT2D eigenvalue weighted by atomic mass is 35.5. The highest BCUT2D eigenvalue weighted by Crippen LogP contribution is 2.28. The van der Waals surface area contributed by atoms with Crippen LogP contribution in [-0.4, -0.2) is 38.7 Å². The molecule has 4 aromatic rings. The number of rotatable bonds is 7. The van der Waals surface area contributed by atoms with Crippen LogP contribution in [0.25, 0.3) is 16.7 Å². The van der Waals surface area contributed by atoms with Crippen molar-refractivity contribution in [3.8, 4) is 17.2 Å². The average Bonchev–Trinajstić information content (AvgIpc) is 3.25. The molecule has 3 aromatic carbocycles. The Morgan fingerprint density at radius 3 is 2.51 bits per heavy atom. The van der Waals surface area contributed by atoms with Crippen LogP contribution in [-0.2, 0) is 4.79 Å². The predicted octanol–water partition coefficient (Wildman–Crippen LogP) is 5.41. The number of thiocarbonyl (C=S) groups is 1. The van der Waals surface area contributed by atoms with Gasteiger partial charge in [0.2, 0.25) is 0 Å². The summed E-state index contributed by atoms with van der Waals surface area (Å²) in [5.74, 6) is 0.695. The first kappa shape index (κ1) is 24.7. The molecule has 0 aliphatic carbocycles. The van der Waals surface area contributed by atoms with E-state index in [2.05, 4.69) is 20.8 Å². The van der Waals surface area contributed by atoms with Crippen molar-refractivity contribution in [1.82, 2.24) is 20.3 Å². The monoisotopic (exact) mass is 529 g/mol. The number of anilines is 1. The lowest BCUT2D eigenvalue weighted by Crippen LogP contribution is -2.42. The summed E-state index contributed by atoms with van der Waals surface area (Å²) in [4.78, 5) is 14.0. The number of aromatic nitrogens is 3. The highest BCUT2D eigenvalue weighted by Gasteiger charge is 2.18. The summed E-state index contributed by atoms with van der Waals surface area (Å²) in [6.07, 6.45) is -0.843. The van der Waals surface area contributed by atoms with E-state index in [1.807, 2.05) is 37.3 Å². The Bertz CT molecular complexity index is 1380. The largest absolute Gasteiger partial charge is 0.494 e. The van der Waals surface area contributed by atoms with Crippen LogP contribution in [0.15, 0.2) is 60.7 Å². The summed E-state index contributed by atoms with van der Waals surface area (Å²) in [6.45, 7) is 4.13. The van der Waals surface area contributed by atoms with Crippen molar-refractivity contribution in [2.24, 2.45) is 0 Å². The van der Waals surface area contributed by atoms with Crippen molar-refractivity contribution < 1.29 is 14.3 Å². The van der Waals surface area contributed by atoms with Crippen LogP contribution in [0.5, 0.6) is 11.5 Å². The number of fused-ring (bicyclic) bond motifs is 1. The molecule has 1 heterocycles. The van der Waals surface area contributed by atoms with Gasteiger partial charge in [-0.2, -0.15) is 4.80 Å². The van der Waals surface area contributed by atoms with Gasteiger partial charge in [0.05, 0.1) is 17.3 Å². The zero-order chi connectivity index (χ0) is 24.9. The van der Waals surface area contributed by atoms with E-state index in [9.17, 15) is 4.79 Å². The van der Waals surface area contributed by atoms with Crippen LogP contribution in [0.1, 0.15) is 13.8 Å². The molecule has 0 bridgehead atoms. The van der Waals surface area contributed by atoms with Crippen LogP contribution in [0.2, 0.25) is 10.0 Å². The second-order valence-corrected chi connectivity index (χ2v) is 8.65. The van der Waals surface area contributed by atoms with E-state index < -0.39 is 12.0 Å². The molecule has 1 atom stereocenters. The Morgan fingerprint density at radius 2 is 1.80 bits per heavy atom. The molecule has 4 rings (SSSR count). The van der Waals surface area contributed by atoms with Gasteiger partial charge in [-0.1, -0.05) is 23.2 Å². The Labute approximate surface area is 217 Å². The summed E-state index contributed by atoms with van der Waals surface area (Å²) < 4.78 is 11.1. The van der Waals surface area contributed by atoms with Crippen molar-refractivity contribution >= 4 is 63.2 Å². The molecule has 0 fully saturated rings. The molecule has 1 aromatic heterocycles. The number of benzene rings is 3. The lowest BCUT2D eigenvalue weighted by Gasteiger charge is -2.16. The van der Waals surface area contributed by atoms with Crippen LogP contribution in [0.4, 0.5) is 5.69 Å². The quantitative estimate of drug-likeness (QED) is 0.309.